The lowest BCUT2D eigenvalue weighted by Gasteiger charge is -2.09. The minimum absolute atomic E-state index is 0.0234. The highest BCUT2D eigenvalue weighted by Crippen LogP contribution is 2.28. The summed E-state index contributed by atoms with van der Waals surface area (Å²) in [6.45, 7) is 0.115. The number of para-hydroxylation sites is 1. The number of anilines is 1. The number of hydrogen-bond donors (Lipinski definition) is 1. The van der Waals surface area contributed by atoms with Crippen LogP contribution in [0.2, 0.25) is 0 Å². The maximum absolute atomic E-state index is 13.7. The zero-order valence-electron chi connectivity index (χ0n) is 16.4. The molecule has 0 aliphatic rings. The number of nitrogens with zero attached hydrogens (tertiary/aromatic N) is 2. The minimum atomic E-state index is -0.736. The van der Waals surface area contributed by atoms with Crippen molar-refractivity contribution in [2.24, 2.45) is 0 Å². The summed E-state index contributed by atoms with van der Waals surface area (Å²) < 4.78 is 20.0. The van der Waals surface area contributed by atoms with Crippen molar-refractivity contribution < 1.29 is 18.8 Å². The van der Waals surface area contributed by atoms with Gasteiger partial charge >= 0.3 is 0 Å². The molecule has 3 aromatic carbocycles. The van der Waals surface area contributed by atoms with E-state index in [1.807, 2.05) is 6.07 Å². The van der Waals surface area contributed by atoms with Gasteiger partial charge in [-0.05, 0) is 57.4 Å². The standard InChI is InChI=1S/C23H15BrFN3O4/c24-19-12-15(10-17(13-26)23(29)27-21-7-2-1-6-20(21)25)8-9-22(19)32-14-16-4-3-5-18(11-16)28(30)31/h1-12H,14H2,(H,27,29). The second kappa shape index (κ2) is 10.3. The van der Waals surface area contributed by atoms with E-state index in [1.54, 1.807) is 36.4 Å². The first-order valence-electron chi connectivity index (χ1n) is 9.20. The molecule has 3 rings (SSSR count). The van der Waals surface area contributed by atoms with E-state index in [2.05, 4.69) is 21.2 Å². The number of nitro benzene ring substituents is 1. The predicted octanol–water partition coefficient (Wildman–Crippen LogP) is 5.62. The molecule has 0 atom stereocenters. The van der Waals surface area contributed by atoms with Gasteiger partial charge in [0.2, 0.25) is 0 Å². The lowest BCUT2D eigenvalue weighted by molar-refractivity contribution is -0.384. The van der Waals surface area contributed by atoms with E-state index in [0.29, 0.717) is 21.3 Å². The summed E-state index contributed by atoms with van der Waals surface area (Å²) in [5.74, 6) is -0.867. The van der Waals surface area contributed by atoms with Gasteiger partial charge in [0.25, 0.3) is 11.6 Å². The number of benzene rings is 3. The molecule has 7 nitrogen and oxygen atoms in total. The second-order valence-electron chi connectivity index (χ2n) is 6.51. The van der Waals surface area contributed by atoms with Crippen LogP contribution < -0.4 is 10.1 Å². The van der Waals surface area contributed by atoms with E-state index in [0.717, 1.165) is 0 Å². The molecule has 0 aliphatic heterocycles. The van der Waals surface area contributed by atoms with Crippen molar-refractivity contribution in [3.8, 4) is 11.8 Å². The van der Waals surface area contributed by atoms with Crippen LogP contribution in [-0.2, 0) is 11.4 Å². The molecule has 160 valence electrons. The fourth-order valence-corrected chi connectivity index (χ4v) is 3.22. The summed E-state index contributed by atoms with van der Waals surface area (Å²) in [5, 5.41) is 22.6. The van der Waals surface area contributed by atoms with Gasteiger partial charge in [0, 0.05) is 12.1 Å². The molecule has 1 amide bonds. The fourth-order valence-electron chi connectivity index (χ4n) is 2.71. The van der Waals surface area contributed by atoms with Crippen LogP contribution in [0.1, 0.15) is 11.1 Å². The summed E-state index contributed by atoms with van der Waals surface area (Å²) in [6, 6.07) is 18.5. The van der Waals surface area contributed by atoms with Gasteiger partial charge in [0.05, 0.1) is 15.1 Å². The SMILES string of the molecule is N#CC(=Cc1ccc(OCc2cccc([N+](=O)[O-])c2)c(Br)c1)C(=O)Nc1ccccc1F. The van der Waals surface area contributed by atoms with Crippen LogP contribution in [0.5, 0.6) is 5.75 Å². The lowest BCUT2D eigenvalue weighted by Crippen LogP contribution is -2.14. The van der Waals surface area contributed by atoms with E-state index >= 15 is 0 Å². The zero-order chi connectivity index (χ0) is 23.1. The van der Waals surface area contributed by atoms with Crippen LogP contribution >= 0.6 is 15.9 Å². The Bertz CT molecular complexity index is 1250. The first kappa shape index (κ1) is 22.7. The third-order valence-electron chi connectivity index (χ3n) is 4.27. The number of halogens is 2. The average Bonchev–Trinajstić information content (AvgIpc) is 2.78. The first-order chi connectivity index (χ1) is 15.4. The van der Waals surface area contributed by atoms with Crippen LogP contribution in [0.15, 0.2) is 76.8 Å². The van der Waals surface area contributed by atoms with Crippen LogP contribution in [0.3, 0.4) is 0 Å². The fraction of sp³-hybridized carbons (Fsp3) is 0.0435. The van der Waals surface area contributed by atoms with Crippen LogP contribution in [0.25, 0.3) is 6.08 Å². The predicted molar refractivity (Wildman–Crippen MR) is 120 cm³/mol. The largest absolute Gasteiger partial charge is 0.488 e. The summed E-state index contributed by atoms with van der Waals surface area (Å²) in [6.07, 6.45) is 1.37. The Kier molecular flexibility index (Phi) is 7.31. The van der Waals surface area contributed by atoms with E-state index < -0.39 is 16.6 Å². The maximum Gasteiger partial charge on any atom is 0.269 e. The van der Waals surface area contributed by atoms with Gasteiger partial charge in [-0.15, -0.1) is 0 Å². The Labute approximate surface area is 191 Å². The van der Waals surface area contributed by atoms with Crippen molar-refractivity contribution in [1.29, 1.82) is 5.26 Å². The maximum atomic E-state index is 13.7. The van der Waals surface area contributed by atoms with Crippen LogP contribution in [0, 0.1) is 27.3 Å². The number of nitrogens with one attached hydrogen (secondary N) is 1. The quantitative estimate of drug-likeness (QED) is 0.198. The summed E-state index contributed by atoms with van der Waals surface area (Å²) >= 11 is 3.38. The number of rotatable bonds is 7. The number of nitriles is 1. The van der Waals surface area contributed by atoms with Crippen molar-refractivity contribution in [1.82, 2.24) is 0 Å². The average molecular weight is 496 g/mol. The molecule has 0 radical (unpaired) electrons. The second-order valence-corrected chi connectivity index (χ2v) is 7.36. The molecular weight excluding hydrogens is 481 g/mol. The van der Waals surface area contributed by atoms with Gasteiger partial charge in [-0.3, -0.25) is 14.9 Å². The molecule has 0 saturated heterocycles. The third kappa shape index (κ3) is 5.77. The highest BCUT2D eigenvalue weighted by atomic mass is 79.9. The van der Waals surface area contributed by atoms with Crippen LogP contribution in [0.4, 0.5) is 15.8 Å². The Morgan fingerprint density at radius 3 is 2.66 bits per heavy atom. The zero-order valence-corrected chi connectivity index (χ0v) is 18.0. The molecule has 0 heterocycles. The number of nitro groups is 1. The number of carbonyl (C=O) groups excluding carboxylic acids is 1. The van der Waals surface area contributed by atoms with Crippen LogP contribution in [-0.4, -0.2) is 10.8 Å². The molecule has 0 fully saturated rings. The summed E-state index contributed by atoms with van der Waals surface area (Å²) in [4.78, 5) is 22.7. The Hall–Kier alpha value is -4.03. The van der Waals surface area contributed by atoms with E-state index in [9.17, 15) is 24.6 Å². The van der Waals surface area contributed by atoms with E-state index in [4.69, 9.17) is 4.74 Å². The van der Waals surface area contributed by atoms with Crippen molar-refractivity contribution in [2.45, 2.75) is 6.61 Å². The molecule has 0 bridgehead atoms. The minimum Gasteiger partial charge on any atom is -0.488 e. The molecule has 3 aromatic rings. The van der Waals surface area contributed by atoms with Gasteiger partial charge in [-0.1, -0.05) is 30.3 Å². The lowest BCUT2D eigenvalue weighted by atomic mass is 10.1. The smallest absolute Gasteiger partial charge is 0.269 e. The third-order valence-corrected chi connectivity index (χ3v) is 4.89. The normalized spacial score (nSPS) is 10.8. The van der Waals surface area contributed by atoms with E-state index in [-0.39, 0.29) is 23.6 Å². The number of non-ortho nitro benzene ring substituents is 1. The molecule has 0 aliphatic carbocycles. The molecule has 0 saturated carbocycles. The van der Waals surface area contributed by atoms with Gasteiger partial charge in [-0.2, -0.15) is 5.26 Å². The molecule has 0 unspecified atom stereocenters. The molecule has 32 heavy (non-hydrogen) atoms. The Morgan fingerprint density at radius 2 is 1.97 bits per heavy atom. The van der Waals surface area contributed by atoms with Crippen molar-refractivity contribution in [3.05, 3.63) is 104 Å². The molecule has 1 N–H and O–H groups in total. The Balaban J connectivity index is 1.72. The number of ether oxygens (including phenoxy) is 1. The van der Waals surface area contributed by atoms with Gasteiger partial charge in [0.15, 0.2) is 0 Å². The molecule has 0 spiro atoms. The topological polar surface area (TPSA) is 105 Å². The van der Waals surface area contributed by atoms with Gasteiger partial charge in [-0.25, -0.2) is 4.39 Å². The Morgan fingerprint density at radius 1 is 1.19 bits per heavy atom. The first-order valence-corrected chi connectivity index (χ1v) is 10.00. The van der Waals surface area contributed by atoms with Crippen molar-refractivity contribution in [2.75, 3.05) is 5.32 Å². The summed E-state index contributed by atoms with van der Waals surface area (Å²) in [5.41, 5.74) is 0.921. The monoisotopic (exact) mass is 495 g/mol. The van der Waals surface area contributed by atoms with E-state index in [1.165, 1.54) is 36.4 Å². The number of hydrogen-bond acceptors (Lipinski definition) is 5. The van der Waals surface area contributed by atoms with Gasteiger partial charge < -0.3 is 10.1 Å². The highest BCUT2D eigenvalue weighted by molar-refractivity contribution is 9.10. The highest BCUT2D eigenvalue weighted by Gasteiger charge is 2.13. The number of amides is 1. The van der Waals surface area contributed by atoms with Crippen molar-refractivity contribution in [3.63, 3.8) is 0 Å². The molecular formula is C23H15BrFN3O4. The summed E-state index contributed by atoms with van der Waals surface area (Å²) in [7, 11) is 0. The molecule has 0 aromatic heterocycles. The van der Waals surface area contributed by atoms with Crippen molar-refractivity contribution >= 4 is 39.3 Å². The van der Waals surface area contributed by atoms with Gasteiger partial charge in [0.1, 0.15) is 29.8 Å². The number of carbonyl (C=O) groups is 1. The molecule has 9 heteroatoms.